The number of carbonyl (C=O) groups is 2. The van der Waals surface area contributed by atoms with Crippen molar-refractivity contribution in [1.82, 2.24) is 5.32 Å². The van der Waals surface area contributed by atoms with Gasteiger partial charge in [0.1, 0.15) is 12.4 Å². The maximum atomic E-state index is 12.1. The van der Waals surface area contributed by atoms with Crippen LogP contribution < -0.4 is 20.3 Å². The molecule has 3 rings (SSSR count). The maximum absolute atomic E-state index is 12.1. The molecule has 1 saturated heterocycles. The third kappa shape index (κ3) is 4.98. The third-order valence-electron chi connectivity index (χ3n) is 4.30. The number of hydrogen-bond donors (Lipinski definition) is 2. The van der Waals surface area contributed by atoms with E-state index in [1.807, 2.05) is 36.4 Å². The molecule has 1 aliphatic rings. The number of nitrogens with one attached hydrogen (secondary N) is 2. The van der Waals surface area contributed by atoms with Gasteiger partial charge in [0.15, 0.2) is 0 Å². The average Bonchev–Trinajstić information content (AvgIpc) is 2.69. The van der Waals surface area contributed by atoms with Gasteiger partial charge in [-0.25, -0.2) is 4.79 Å². The second-order valence-electron chi connectivity index (χ2n) is 6.09. The minimum atomic E-state index is -0.278. The number of amides is 3. The Morgan fingerprint density at radius 3 is 2.70 bits per heavy atom. The van der Waals surface area contributed by atoms with Crippen molar-refractivity contribution in [1.29, 1.82) is 0 Å². The maximum Gasteiger partial charge on any atom is 0.319 e. The van der Waals surface area contributed by atoms with Crippen molar-refractivity contribution in [2.45, 2.75) is 6.42 Å². The summed E-state index contributed by atoms with van der Waals surface area (Å²) in [5, 5.41) is 5.62. The number of urea groups is 1. The van der Waals surface area contributed by atoms with Crippen molar-refractivity contribution < 1.29 is 19.1 Å². The molecule has 7 nitrogen and oxygen atoms in total. The first-order valence-electron chi connectivity index (χ1n) is 8.82. The molecule has 1 fully saturated rings. The van der Waals surface area contributed by atoms with Gasteiger partial charge in [-0.2, -0.15) is 0 Å². The van der Waals surface area contributed by atoms with Crippen LogP contribution in [0.5, 0.6) is 5.75 Å². The van der Waals surface area contributed by atoms with Crippen LogP contribution in [0.1, 0.15) is 5.56 Å². The van der Waals surface area contributed by atoms with Crippen LogP contribution in [-0.2, 0) is 16.0 Å². The number of rotatable bonds is 6. The largest absolute Gasteiger partial charge is 0.496 e. The Kier molecular flexibility index (Phi) is 6.27. The van der Waals surface area contributed by atoms with Crippen LogP contribution >= 0.6 is 0 Å². The Bertz CT molecular complexity index is 792. The lowest BCUT2D eigenvalue weighted by molar-refractivity contribution is -0.125. The van der Waals surface area contributed by atoms with E-state index in [0.29, 0.717) is 31.8 Å². The number of methoxy groups -OCH3 is 1. The number of ether oxygens (including phenoxy) is 2. The van der Waals surface area contributed by atoms with Crippen molar-refractivity contribution >= 4 is 23.3 Å². The lowest BCUT2D eigenvalue weighted by atomic mass is 10.1. The smallest absolute Gasteiger partial charge is 0.319 e. The molecule has 0 aromatic heterocycles. The minimum Gasteiger partial charge on any atom is -0.496 e. The lowest BCUT2D eigenvalue weighted by Crippen LogP contribution is -2.41. The molecule has 2 aromatic rings. The monoisotopic (exact) mass is 369 g/mol. The molecule has 27 heavy (non-hydrogen) atoms. The van der Waals surface area contributed by atoms with Gasteiger partial charge in [0.05, 0.1) is 13.7 Å². The summed E-state index contributed by atoms with van der Waals surface area (Å²) in [5.41, 5.74) is 2.50. The second kappa shape index (κ2) is 9.05. The molecule has 0 bridgehead atoms. The highest BCUT2D eigenvalue weighted by atomic mass is 16.5. The lowest BCUT2D eigenvalue weighted by Gasteiger charge is -2.26. The van der Waals surface area contributed by atoms with E-state index in [-0.39, 0.29) is 18.5 Å². The highest BCUT2D eigenvalue weighted by molar-refractivity contribution is 5.95. The van der Waals surface area contributed by atoms with Crippen molar-refractivity contribution in [2.75, 3.05) is 43.6 Å². The van der Waals surface area contributed by atoms with Gasteiger partial charge >= 0.3 is 6.03 Å². The van der Waals surface area contributed by atoms with Crippen LogP contribution in [0, 0.1) is 0 Å². The van der Waals surface area contributed by atoms with E-state index in [0.717, 1.165) is 17.0 Å². The van der Waals surface area contributed by atoms with Crippen LogP contribution in [0.15, 0.2) is 48.5 Å². The zero-order valence-corrected chi connectivity index (χ0v) is 15.2. The molecule has 142 valence electrons. The summed E-state index contributed by atoms with van der Waals surface area (Å²) >= 11 is 0. The van der Waals surface area contributed by atoms with Crippen molar-refractivity contribution in [3.05, 3.63) is 54.1 Å². The van der Waals surface area contributed by atoms with E-state index in [4.69, 9.17) is 9.47 Å². The molecule has 0 atom stereocenters. The van der Waals surface area contributed by atoms with Gasteiger partial charge in [0.2, 0.25) is 0 Å². The molecule has 1 aliphatic heterocycles. The molecule has 0 spiro atoms. The predicted molar refractivity (Wildman–Crippen MR) is 103 cm³/mol. The third-order valence-corrected chi connectivity index (χ3v) is 4.30. The molecule has 3 amide bonds. The number of hydrogen-bond acceptors (Lipinski definition) is 4. The van der Waals surface area contributed by atoms with Crippen LogP contribution in [0.25, 0.3) is 0 Å². The van der Waals surface area contributed by atoms with Crippen LogP contribution in [-0.4, -0.2) is 45.4 Å². The van der Waals surface area contributed by atoms with E-state index in [2.05, 4.69) is 10.6 Å². The Morgan fingerprint density at radius 2 is 1.96 bits per heavy atom. The normalized spacial score (nSPS) is 14.0. The topological polar surface area (TPSA) is 79.9 Å². The van der Waals surface area contributed by atoms with Crippen LogP contribution in [0.3, 0.4) is 0 Å². The highest BCUT2D eigenvalue weighted by Crippen LogP contribution is 2.20. The Hall–Kier alpha value is -3.06. The molecule has 2 aromatic carbocycles. The molecule has 1 heterocycles. The Labute approximate surface area is 158 Å². The summed E-state index contributed by atoms with van der Waals surface area (Å²) in [5.74, 6) is 0.754. The van der Waals surface area contributed by atoms with Crippen LogP contribution in [0.2, 0.25) is 0 Å². The molecule has 0 saturated carbocycles. The molecule has 0 radical (unpaired) electrons. The summed E-state index contributed by atoms with van der Waals surface area (Å²) in [4.78, 5) is 25.6. The Morgan fingerprint density at radius 1 is 1.19 bits per heavy atom. The first-order valence-corrected chi connectivity index (χ1v) is 8.82. The van der Waals surface area contributed by atoms with E-state index in [1.54, 1.807) is 24.1 Å². The first kappa shape index (κ1) is 18.7. The van der Waals surface area contributed by atoms with Gasteiger partial charge in [-0.3, -0.25) is 4.79 Å². The van der Waals surface area contributed by atoms with E-state index in [9.17, 15) is 9.59 Å². The van der Waals surface area contributed by atoms with Gasteiger partial charge in [-0.05, 0) is 42.3 Å². The highest BCUT2D eigenvalue weighted by Gasteiger charge is 2.19. The number of carbonyl (C=O) groups excluding carboxylic acids is 2. The van der Waals surface area contributed by atoms with Crippen molar-refractivity contribution in [3.8, 4) is 5.75 Å². The van der Waals surface area contributed by atoms with Gasteiger partial charge in [-0.1, -0.05) is 18.2 Å². The standard InChI is InChI=1S/C20H23N3O4/c1-26-18-5-3-2-4-15(18)10-11-21-20(25)22-16-6-8-17(9-7-16)23-12-13-27-14-19(23)24/h2-9H,10-14H2,1H3,(H2,21,22,25). The summed E-state index contributed by atoms with van der Waals surface area (Å²) in [6.45, 7) is 1.66. The zero-order chi connectivity index (χ0) is 19.1. The predicted octanol–water partition coefficient (Wildman–Crippen LogP) is 2.42. The van der Waals surface area contributed by atoms with Gasteiger partial charge in [0.25, 0.3) is 5.91 Å². The average molecular weight is 369 g/mol. The molecule has 0 aliphatic carbocycles. The summed E-state index contributed by atoms with van der Waals surface area (Å²) < 4.78 is 10.4. The summed E-state index contributed by atoms with van der Waals surface area (Å²) in [6.07, 6.45) is 0.676. The number of anilines is 2. The molecular weight excluding hydrogens is 346 g/mol. The number of benzene rings is 2. The number of morpholine rings is 1. The number of nitrogens with zero attached hydrogens (tertiary/aromatic N) is 1. The van der Waals surface area contributed by atoms with E-state index >= 15 is 0 Å². The molecule has 7 heteroatoms. The zero-order valence-electron chi connectivity index (χ0n) is 15.2. The quantitative estimate of drug-likeness (QED) is 0.820. The van der Waals surface area contributed by atoms with Gasteiger partial charge < -0.3 is 25.0 Å². The fourth-order valence-electron chi connectivity index (χ4n) is 2.91. The van der Waals surface area contributed by atoms with Crippen molar-refractivity contribution in [2.24, 2.45) is 0 Å². The molecule has 0 unspecified atom stereocenters. The SMILES string of the molecule is COc1ccccc1CCNC(=O)Nc1ccc(N2CCOCC2=O)cc1. The fourth-order valence-corrected chi connectivity index (χ4v) is 2.91. The van der Waals surface area contributed by atoms with Crippen molar-refractivity contribution in [3.63, 3.8) is 0 Å². The minimum absolute atomic E-state index is 0.0592. The second-order valence-corrected chi connectivity index (χ2v) is 6.09. The van der Waals surface area contributed by atoms with E-state index < -0.39 is 0 Å². The fraction of sp³-hybridized carbons (Fsp3) is 0.300. The van der Waals surface area contributed by atoms with Gasteiger partial charge in [-0.15, -0.1) is 0 Å². The Balaban J connectivity index is 1.48. The molecule has 2 N–H and O–H groups in total. The number of para-hydroxylation sites is 1. The van der Waals surface area contributed by atoms with Crippen LogP contribution in [0.4, 0.5) is 16.2 Å². The van der Waals surface area contributed by atoms with Gasteiger partial charge in [0, 0.05) is 24.5 Å². The summed E-state index contributed by atoms with van der Waals surface area (Å²) in [6, 6.07) is 14.6. The molecular formula is C20H23N3O4. The first-order chi connectivity index (χ1) is 13.2. The van der Waals surface area contributed by atoms with E-state index in [1.165, 1.54) is 0 Å². The summed E-state index contributed by atoms with van der Waals surface area (Å²) in [7, 11) is 1.63.